The van der Waals surface area contributed by atoms with E-state index in [9.17, 15) is 19.1 Å². The average molecular weight is 304 g/mol. The molecule has 2 rings (SSSR count). The van der Waals surface area contributed by atoms with E-state index < -0.39 is 13.3 Å². The first kappa shape index (κ1) is 15.6. The molecule has 0 saturated carbocycles. The maximum absolute atomic E-state index is 12.2. The molecule has 4 nitrogen and oxygen atoms in total. The lowest BCUT2D eigenvalue weighted by atomic mass is 10.0. The zero-order valence-corrected chi connectivity index (χ0v) is 12.5. The smallest absolute Gasteiger partial charge is 0.324 e. The Balaban J connectivity index is 2.26. The Bertz CT molecular complexity index is 658. The fraction of sp³-hybridized carbons (Fsp3) is 0.188. The number of hydrogen-bond acceptors (Lipinski definition) is 2. The molecule has 0 aliphatic rings. The molecule has 2 aromatic carbocycles. The van der Waals surface area contributed by atoms with Crippen molar-refractivity contribution in [3.05, 3.63) is 71.3 Å². The quantitative estimate of drug-likeness (QED) is 0.655. The van der Waals surface area contributed by atoms with Gasteiger partial charge in [0.05, 0.1) is 5.66 Å². The second kappa shape index (κ2) is 6.35. The van der Waals surface area contributed by atoms with E-state index in [0.717, 1.165) is 5.56 Å². The van der Waals surface area contributed by atoms with Crippen molar-refractivity contribution in [1.29, 1.82) is 0 Å². The van der Waals surface area contributed by atoms with Crippen LogP contribution in [-0.4, -0.2) is 15.6 Å². The van der Waals surface area contributed by atoms with Gasteiger partial charge < -0.3 is 9.79 Å². The first-order valence-corrected chi connectivity index (χ1v) is 8.26. The summed E-state index contributed by atoms with van der Waals surface area (Å²) in [5.41, 5.74) is 0.870. The highest BCUT2D eigenvalue weighted by Gasteiger charge is 2.32. The summed E-state index contributed by atoms with van der Waals surface area (Å²) >= 11 is 0. The van der Waals surface area contributed by atoms with Gasteiger partial charge in [0.25, 0.3) is 0 Å². The zero-order valence-electron chi connectivity index (χ0n) is 11.6. The molecule has 0 spiro atoms. The Kier molecular flexibility index (Phi) is 4.73. The van der Waals surface area contributed by atoms with E-state index in [1.165, 1.54) is 0 Å². The average Bonchev–Trinajstić information content (AvgIpc) is 2.45. The number of benzene rings is 2. The molecular weight excluding hydrogens is 287 g/mol. The van der Waals surface area contributed by atoms with Crippen molar-refractivity contribution in [2.24, 2.45) is 0 Å². The first-order chi connectivity index (χ1) is 9.88. The fourth-order valence-corrected chi connectivity index (χ4v) is 3.10. The van der Waals surface area contributed by atoms with E-state index in [0.29, 0.717) is 11.1 Å². The van der Waals surface area contributed by atoms with Gasteiger partial charge in [0.2, 0.25) is 0 Å². The van der Waals surface area contributed by atoms with E-state index in [1.807, 2.05) is 19.1 Å². The van der Waals surface area contributed by atoms with Gasteiger partial charge in [-0.2, -0.15) is 0 Å². The monoisotopic (exact) mass is 304 g/mol. The summed E-state index contributed by atoms with van der Waals surface area (Å²) in [5.74, 6) is -0.271. The minimum absolute atomic E-state index is 0.211. The van der Waals surface area contributed by atoms with E-state index in [1.54, 1.807) is 42.5 Å². The van der Waals surface area contributed by atoms with Crippen LogP contribution in [0.15, 0.2) is 54.6 Å². The van der Waals surface area contributed by atoms with Crippen LogP contribution < -0.4 is 0 Å². The normalized spacial score (nSPS) is 12.9. The van der Waals surface area contributed by atoms with Crippen molar-refractivity contribution in [3.8, 4) is 0 Å². The lowest BCUT2D eigenvalue weighted by Gasteiger charge is -2.18. The van der Waals surface area contributed by atoms with Crippen LogP contribution in [0.5, 0.6) is 0 Å². The molecule has 0 aliphatic carbocycles. The van der Waals surface area contributed by atoms with Gasteiger partial charge in [0, 0.05) is 12.0 Å². The van der Waals surface area contributed by atoms with Gasteiger partial charge >= 0.3 is 7.60 Å². The van der Waals surface area contributed by atoms with Gasteiger partial charge in [-0.15, -0.1) is 0 Å². The highest BCUT2D eigenvalue weighted by atomic mass is 31.2. The number of hydrogen-bond donors (Lipinski definition) is 2. The van der Waals surface area contributed by atoms with Gasteiger partial charge in [-0.1, -0.05) is 60.2 Å². The van der Waals surface area contributed by atoms with Crippen molar-refractivity contribution in [1.82, 2.24) is 0 Å². The van der Waals surface area contributed by atoms with Crippen molar-refractivity contribution < 1.29 is 19.1 Å². The fourth-order valence-electron chi connectivity index (χ4n) is 2.14. The third-order valence-electron chi connectivity index (χ3n) is 3.34. The molecule has 110 valence electrons. The topological polar surface area (TPSA) is 74.6 Å². The van der Waals surface area contributed by atoms with Crippen LogP contribution in [-0.2, 0) is 4.57 Å². The van der Waals surface area contributed by atoms with Gasteiger partial charge in [-0.25, -0.2) is 0 Å². The Hall–Kier alpha value is -1.74. The summed E-state index contributed by atoms with van der Waals surface area (Å²) in [6.07, 6.45) is -0.211. The molecule has 0 bridgehead atoms. The predicted octanol–water partition coefficient (Wildman–Crippen LogP) is 3.49. The first-order valence-electron chi connectivity index (χ1n) is 6.58. The summed E-state index contributed by atoms with van der Waals surface area (Å²) in [6.45, 7) is 1.91. The molecule has 5 heteroatoms. The summed E-state index contributed by atoms with van der Waals surface area (Å²) in [6, 6.07) is 15.4. The molecule has 21 heavy (non-hydrogen) atoms. The number of carbonyl (C=O) groups excluding carboxylic acids is 1. The lowest BCUT2D eigenvalue weighted by molar-refractivity contribution is 0.0977. The highest BCUT2D eigenvalue weighted by Crippen LogP contribution is 2.53. The summed E-state index contributed by atoms with van der Waals surface area (Å²) in [5, 5.41) is 0. The molecule has 1 atom stereocenters. The Morgan fingerprint density at radius 1 is 1.05 bits per heavy atom. The number of rotatable bonds is 5. The van der Waals surface area contributed by atoms with Gasteiger partial charge in [-0.3, -0.25) is 9.36 Å². The van der Waals surface area contributed by atoms with Gasteiger partial charge in [-0.05, 0) is 12.5 Å². The van der Waals surface area contributed by atoms with Crippen LogP contribution in [0.3, 0.4) is 0 Å². The van der Waals surface area contributed by atoms with Crippen molar-refractivity contribution in [3.63, 3.8) is 0 Å². The van der Waals surface area contributed by atoms with Crippen LogP contribution in [0.2, 0.25) is 0 Å². The molecule has 0 amide bonds. The molecule has 0 aliphatic heterocycles. The van der Waals surface area contributed by atoms with Crippen molar-refractivity contribution in [2.45, 2.75) is 19.0 Å². The molecule has 0 fully saturated rings. The standard InChI is InChI=1S/C16H17O4P/c1-12-7-9-13(10-8-12)15(17)11-16(21(18,19)20)14-5-3-2-4-6-14/h2-10,16H,11H2,1H3,(H2,18,19,20). The molecule has 0 aromatic heterocycles. The lowest BCUT2D eigenvalue weighted by Crippen LogP contribution is -2.08. The Morgan fingerprint density at radius 3 is 2.14 bits per heavy atom. The SMILES string of the molecule is Cc1ccc(C(=O)CC(c2ccccc2)P(=O)(O)O)cc1. The minimum Gasteiger partial charge on any atom is -0.324 e. The summed E-state index contributed by atoms with van der Waals surface area (Å²) in [7, 11) is -4.40. The number of aryl methyl sites for hydroxylation is 1. The van der Waals surface area contributed by atoms with E-state index >= 15 is 0 Å². The molecule has 0 heterocycles. The van der Waals surface area contributed by atoms with Gasteiger partial charge in [0.1, 0.15) is 0 Å². The Labute approximate surface area is 123 Å². The van der Waals surface area contributed by atoms with E-state index in [2.05, 4.69) is 0 Å². The maximum Gasteiger partial charge on any atom is 0.333 e. The third-order valence-corrected chi connectivity index (χ3v) is 4.64. The van der Waals surface area contributed by atoms with Crippen LogP contribution in [0.1, 0.15) is 33.6 Å². The van der Waals surface area contributed by atoms with Crippen LogP contribution >= 0.6 is 7.60 Å². The van der Waals surface area contributed by atoms with E-state index in [-0.39, 0.29) is 12.2 Å². The molecular formula is C16H17O4P. The molecule has 0 radical (unpaired) electrons. The molecule has 0 saturated heterocycles. The largest absolute Gasteiger partial charge is 0.333 e. The van der Waals surface area contributed by atoms with Gasteiger partial charge in [0.15, 0.2) is 5.78 Å². The number of Topliss-reactive ketones (excluding diaryl/α,β-unsaturated/α-hetero) is 1. The van der Waals surface area contributed by atoms with Crippen LogP contribution in [0, 0.1) is 6.92 Å². The number of carbonyl (C=O) groups is 1. The van der Waals surface area contributed by atoms with Crippen LogP contribution in [0.4, 0.5) is 0 Å². The predicted molar refractivity (Wildman–Crippen MR) is 81.4 cm³/mol. The highest BCUT2D eigenvalue weighted by molar-refractivity contribution is 7.52. The minimum atomic E-state index is -4.40. The second-order valence-electron chi connectivity index (χ2n) is 5.01. The van der Waals surface area contributed by atoms with E-state index in [4.69, 9.17) is 0 Å². The molecule has 2 N–H and O–H groups in total. The Morgan fingerprint density at radius 2 is 1.62 bits per heavy atom. The zero-order chi connectivity index (χ0) is 15.5. The molecule has 2 aromatic rings. The molecule has 1 unspecified atom stereocenters. The van der Waals surface area contributed by atoms with Crippen molar-refractivity contribution in [2.75, 3.05) is 0 Å². The van der Waals surface area contributed by atoms with Crippen LogP contribution in [0.25, 0.3) is 0 Å². The number of ketones is 1. The second-order valence-corrected chi connectivity index (χ2v) is 6.81. The third kappa shape index (κ3) is 4.11. The summed E-state index contributed by atoms with van der Waals surface area (Å²) < 4.78 is 11.7. The maximum atomic E-state index is 12.2. The van der Waals surface area contributed by atoms with Crippen molar-refractivity contribution >= 4 is 13.4 Å². The summed E-state index contributed by atoms with van der Waals surface area (Å²) in [4.78, 5) is 31.3.